The summed E-state index contributed by atoms with van der Waals surface area (Å²) in [5, 5.41) is 2.70. The first kappa shape index (κ1) is 15.9. The van der Waals surface area contributed by atoms with E-state index in [1.165, 1.54) is 12.1 Å². The van der Waals surface area contributed by atoms with E-state index in [0.717, 1.165) is 29.9 Å². The number of H-pyrrole nitrogens is 1. The van der Waals surface area contributed by atoms with Gasteiger partial charge in [0.2, 0.25) is 5.91 Å². The minimum absolute atomic E-state index is 0.184. The van der Waals surface area contributed by atoms with Gasteiger partial charge in [0.1, 0.15) is 12.4 Å². The lowest BCUT2D eigenvalue weighted by molar-refractivity contribution is -0.121. The number of nitrogens with one attached hydrogen (secondary N) is 2. The summed E-state index contributed by atoms with van der Waals surface area (Å²) in [5.41, 5.74) is -1.21. The third kappa shape index (κ3) is 3.60. The number of amides is 1. The van der Waals surface area contributed by atoms with Crippen LogP contribution in [-0.2, 0) is 11.3 Å². The van der Waals surface area contributed by atoms with Crippen LogP contribution in [0.4, 0.5) is 4.39 Å². The fraction of sp³-hybridized carbons (Fsp3) is 0.400. The van der Waals surface area contributed by atoms with Gasteiger partial charge >= 0.3 is 11.1 Å². The Bertz CT molecular complexity index is 795. The molecule has 0 aliphatic heterocycles. The summed E-state index contributed by atoms with van der Waals surface area (Å²) in [4.78, 5) is 37.7. The van der Waals surface area contributed by atoms with Gasteiger partial charge in [-0.2, -0.15) is 0 Å². The van der Waals surface area contributed by atoms with Crippen LogP contribution in [-0.4, -0.2) is 22.0 Å². The van der Waals surface area contributed by atoms with Crippen molar-refractivity contribution in [3.8, 4) is 0 Å². The molecular formula is C15H18FN3O3. The molecule has 0 aliphatic rings. The van der Waals surface area contributed by atoms with Gasteiger partial charge in [0, 0.05) is 6.54 Å². The van der Waals surface area contributed by atoms with E-state index in [0.29, 0.717) is 12.1 Å². The molecular weight excluding hydrogens is 289 g/mol. The number of aromatic nitrogens is 2. The van der Waals surface area contributed by atoms with Crippen molar-refractivity contribution in [2.24, 2.45) is 0 Å². The quantitative estimate of drug-likeness (QED) is 0.620. The Hall–Kier alpha value is -2.44. The van der Waals surface area contributed by atoms with Crippen molar-refractivity contribution in [3.63, 3.8) is 0 Å². The highest BCUT2D eigenvalue weighted by Gasteiger charge is 2.11. The predicted octanol–water partition coefficient (Wildman–Crippen LogP) is 1.14. The molecule has 1 aromatic carbocycles. The molecule has 0 atom stereocenters. The molecule has 118 valence electrons. The minimum Gasteiger partial charge on any atom is -0.355 e. The summed E-state index contributed by atoms with van der Waals surface area (Å²) in [7, 11) is 0. The number of hydrogen-bond donors (Lipinski definition) is 2. The highest BCUT2D eigenvalue weighted by atomic mass is 19.1. The van der Waals surface area contributed by atoms with E-state index in [1.807, 2.05) is 0 Å². The summed E-state index contributed by atoms with van der Waals surface area (Å²) in [6.07, 6.45) is 2.91. The highest BCUT2D eigenvalue weighted by Crippen LogP contribution is 2.10. The van der Waals surface area contributed by atoms with Crippen molar-refractivity contribution in [2.45, 2.75) is 32.7 Å². The van der Waals surface area contributed by atoms with Gasteiger partial charge in [-0.3, -0.25) is 19.0 Å². The molecule has 2 N–H and O–H groups in total. The van der Waals surface area contributed by atoms with Crippen molar-refractivity contribution in [2.75, 3.05) is 6.54 Å². The molecule has 2 rings (SSSR count). The highest BCUT2D eigenvalue weighted by molar-refractivity contribution is 5.79. The molecule has 0 bridgehead atoms. The maximum absolute atomic E-state index is 13.2. The van der Waals surface area contributed by atoms with Gasteiger partial charge in [-0.05, 0) is 24.6 Å². The summed E-state index contributed by atoms with van der Waals surface area (Å²) in [5.74, 6) is -0.883. The van der Waals surface area contributed by atoms with Crippen LogP contribution in [0, 0.1) is 5.82 Å². The number of fused-ring (bicyclic) bond motifs is 1. The third-order valence-corrected chi connectivity index (χ3v) is 3.34. The Labute approximate surface area is 126 Å². The Morgan fingerprint density at radius 2 is 2.09 bits per heavy atom. The van der Waals surface area contributed by atoms with E-state index in [9.17, 15) is 18.8 Å². The van der Waals surface area contributed by atoms with Crippen LogP contribution < -0.4 is 16.4 Å². The summed E-state index contributed by atoms with van der Waals surface area (Å²) < 4.78 is 14.3. The molecule has 0 fully saturated rings. The molecule has 0 aliphatic carbocycles. The first-order valence-corrected chi connectivity index (χ1v) is 7.22. The molecule has 2 aromatic rings. The average molecular weight is 307 g/mol. The molecule has 1 aromatic heterocycles. The fourth-order valence-electron chi connectivity index (χ4n) is 2.21. The number of unbranched alkanes of at least 4 members (excludes halogenated alkanes) is 2. The molecule has 6 nitrogen and oxygen atoms in total. The van der Waals surface area contributed by atoms with Gasteiger partial charge in [0.25, 0.3) is 0 Å². The number of carbonyl (C=O) groups excluding carboxylic acids is 1. The van der Waals surface area contributed by atoms with Crippen LogP contribution >= 0.6 is 0 Å². The lowest BCUT2D eigenvalue weighted by Crippen LogP contribution is -2.40. The zero-order valence-electron chi connectivity index (χ0n) is 12.3. The van der Waals surface area contributed by atoms with Crippen LogP contribution in [0.25, 0.3) is 11.0 Å². The van der Waals surface area contributed by atoms with E-state index in [4.69, 9.17) is 0 Å². The normalized spacial score (nSPS) is 10.8. The van der Waals surface area contributed by atoms with E-state index in [-0.39, 0.29) is 18.0 Å². The van der Waals surface area contributed by atoms with Crippen LogP contribution in [0.5, 0.6) is 0 Å². The standard InChI is InChI=1S/C15H18FN3O3/c1-2-3-4-7-17-13(20)9-19-12-6-5-10(16)8-11(12)18-14(21)15(19)22/h5-6,8H,2-4,7,9H2,1H3,(H,17,20)(H,18,21). The third-order valence-electron chi connectivity index (χ3n) is 3.34. The molecule has 0 saturated carbocycles. The molecule has 1 heterocycles. The SMILES string of the molecule is CCCCCNC(=O)Cn1c(=O)c(=O)[nH]c2cc(F)ccc21. The lowest BCUT2D eigenvalue weighted by atomic mass is 10.2. The molecule has 1 amide bonds. The Kier molecular flexibility index (Phi) is 5.08. The number of aromatic amines is 1. The van der Waals surface area contributed by atoms with Crippen molar-refractivity contribution < 1.29 is 9.18 Å². The summed E-state index contributed by atoms with van der Waals surface area (Å²) in [6.45, 7) is 2.32. The number of rotatable bonds is 6. The monoisotopic (exact) mass is 307 g/mol. The number of nitrogens with zero attached hydrogens (tertiary/aromatic N) is 1. The molecule has 0 radical (unpaired) electrons. The van der Waals surface area contributed by atoms with E-state index >= 15 is 0 Å². The molecule has 7 heteroatoms. The second-order valence-electron chi connectivity index (χ2n) is 5.06. The first-order valence-electron chi connectivity index (χ1n) is 7.22. The van der Waals surface area contributed by atoms with Crippen LogP contribution in [0.15, 0.2) is 27.8 Å². The average Bonchev–Trinajstić information content (AvgIpc) is 2.48. The number of halogens is 1. The Balaban J connectivity index is 2.26. The van der Waals surface area contributed by atoms with Gasteiger partial charge in [0.05, 0.1) is 11.0 Å². The van der Waals surface area contributed by atoms with Gasteiger partial charge in [-0.15, -0.1) is 0 Å². The van der Waals surface area contributed by atoms with Gasteiger partial charge in [-0.1, -0.05) is 19.8 Å². The van der Waals surface area contributed by atoms with Crippen LogP contribution in [0.3, 0.4) is 0 Å². The number of hydrogen-bond acceptors (Lipinski definition) is 3. The summed E-state index contributed by atoms with van der Waals surface area (Å²) >= 11 is 0. The van der Waals surface area contributed by atoms with Gasteiger partial charge < -0.3 is 10.3 Å². The van der Waals surface area contributed by atoms with Crippen molar-refractivity contribution >= 4 is 16.9 Å². The molecule has 0 spiro atoms. The van der Waals surface area contributed by atoms with Crippen molar-refractivity contribution in [1.82, 2.24) is 14.9 Å². The largest absolute Gasteiger partial charge is 0.355 e. The Morgan fingerprint density at radius 3 is 2.82 bits per heavy atom. The maximum Gasteiger partial charge on any atom is 0.317 e. The Morgan fingerprint density at radius 1 is 1.32 bits per heavy atom. The van der Waals surface area contributed by atoms with Crippen molar-refractivity contribution in [1.29, 1.82) is 0 Å². The topological polar surface area (TPSA) is 84.0 Å². The first-order chi connectivity index (χ1) is 10.5. The van der Waals surface area contributed by atoms with Crippen molar-refractivity contribution in [3.05, 3.63) is 44.7 Å². The smallest absolute Gasteiger partial charge is 0.317 e. The second-order valence-corrected chi connectivity index (χ2v) is 5.06. The van der Waals surface area contributed by atoms with Crippen LogP contribution in [0.2, 0.25) is 0 Å². The maximum atomic E-state index is 13.2. The van der Waals surface area contributed by atoms with E-state index in [2.05, 4.69) is 17.2 Å². The predicted molar refractivity (Wildman–Crippen MR) is 81.3 cm³/mol. The number of carbonyl (C=O) groups is 1. The lowest BCUT2D eigenvalue weighted by Gasteiger charge is -2.10. The summed E-state index contributed by atoms with van der Waals surface area (Å²) in [6, 6.07) is 3.66. The zero-order valence-corrected chi connectivity index (χ0v) is 12.3. The van der Waals surface area contributed by atoms with E-state index < -0.39 is 16.9 Å². The molecule has 22 heavy (non-hydrogen) atoms. The fourth-order valence-corrected chi connectivity index (χ4v) is 2.21. The van der Waals surface area contributed by atoms with E-state index in [1.54, 1.807) is 0 Å². The zero-order chi connectivity index (χ0) is 16.1. The second kappa shape index (κ2) is 7.02. The number of benzene rings is 1. The minimum atomic E-state index is -0.878. The van der Waals surface area contributed by atoms with Gasteiger partial charge in [-0.25, -0.2) is 4.39 Å². The van der Waals surface area contributed by atoms with Crippen LogP contribution in [0.1, 0.15) is 26.2 Å². The molecule has 0 saturated heterocycles. The molecule has 0 unspecified atom stereocenters. The van der Waals surface area contributed by atoms with Gasteiger partial charge in [0.15, 0.2) is 0 Å².